The minimum absolute atomic E-state index is 0.00557. The van der Waals surface area contributed by atoms with Crippen molar-refractivity contribution in [1.29, 1.82) is 0 Å². The quantitative estimate of drug-likeness (QED) is 0.0947. The average molecular weight is 664 g/mol. The van der Waals surface area contributed by atoms with Gasteiger partial charge in [0.2, 0.25) is 0 Å². The molecule has 0 heterocycles. The van der Waals surface area contributed by atoms with Crippen molar-refractivity contribution in [3.63, 3.8) is 0 Å². The molecule has 16 nitrogen and oxygen atoms in total. The van der Waals surface area contributed by atoms with Gasteiger partial charge >= 0.3 is 0 Å². The summed E-state index contributed by atoms with van der Waals surface area (Å²) in [6.07, 6.45) is -1.12. The number of rotatable bonds is 24. The van der Waals surface area contributed by atoms with Gasteiger partial charge in [-0.2, -0.15) is 0 Å². The topological polar surface area (TPSA) is 252 Å². The van der Waals surface area contributed by atoms with E-state index in [1.54, 1.807) is 60.7 Å². The lowest BCUT2D eigenvalue weighted by molar-refractivity contribution is -0.319. The van der Waals surface area contributed by atoms with E-state index in [0.717, 1.165) is 14.7 Å². The number of nitrogens with zero attached hydrogens (tertiary/aromatic N) is 3. The molecule has 0 aliphatic rings. The van der Waals surface area contributed by atoms with E-state index in [9.17, 15) is 54.0 Å². The summed E-state index contributed by atoms with van der Waals surface area (Å²) < 4.78 is 22.6. The molecular formula is C29H34N3O13P-6. The number of carbonyl (C=O) groups excluding carboxylic acids is 4. The van der Waals surface area contributed by atoms with E-state index >= 15 is 0 Å². The van der Waals surface area contributed by atoms with Crippen molar-refractivity contribution in [3.05, 3.63) is 71.8 Å². The fraction of sp³-hybridized carbons (Fsp3) is 0.448. The second kappa shape index (κ2) is 19.7. The highest BCUT2D eigenvalue weighted by atomic mass is 31.2. The van der Waals surface area contributed by atoms with Gasteiger partial charge in [-0.05, 0) is 11.1 Å². The molecule has 254 valence electrons. The summed E-state index contributed by atoms with van der Waals surface area (Å²) in [5.74, 6) is -6.70. The fourth-order valence-electron chi connectivity index (χ4n) is 4.43. The predicted molar refractivity (Wildman–Crippen MR) is 147 cm³/mol. The smallest absolute Gasteiger partial charge is 0.0734 e. The molecule has 2 aromatic carbocycles. The highest BCUT2D eigenvalue weighted by Gasteiger charge is 2.24. The molecule has 2 atom stereocenters. The van der Waals surface area contributed by atoms with Gasteiger partial charge in [0.1, 0.15) is 0 Å². The van der Waals surface area contributed by atoms with Crippen LogP contribution in [0.1, 0.15) is 11.1 Å². The Bertz CT molecular complexity index is 1210. The maximum absolute atomic E-state index is 11.9. The van der Waals surface area contributed by atoms with Crippen molar-refractivity contribution in [2.24, 2.45) is 0 Å². The van der Waals surface area contributed by atoms with Crippen LogP contribution in [0, 0.1) is 0 Å². The zero-order chi connectivity index (χ0) is 34.1. The first-order valence-corrected chi connectivity index (χ1v) is 15.7. The van der Waals surface area contributed by atoms with Gasteiger partial charge in [-0.15, -0.1) is 0 Å². The lowest BCUT2D eigenvalue weighted by Gasteiger charge is -2.40. The summed E-state index contributed by atoms with van der Waals surface area (Å²) in [5, 5.41) is 46.7. The van der Waals surface area contributed by atoms with Crippen LogP contribution >= 0.6 is 7.60 Å². The van der Waals surface area contributed by atoms with Gasteiger partial charge in [-0.3, -0.25) is 14.7 Å². The molecule has 0 aliphatic heterocycles. The molecule has 0 aromatic heterocycles. The number of carbonyl (C=O) groups is 4. The average Bonchev–Trinajstić information content (AvgIpc) is 2.97. The number of carboxylic acid groups (broad SMARTS) is 4. The van der Waals surface area contributed by atoms with Crippen LogP contribution in [0.3, 0.4) is 0 Å². The van der Waals surface area contributed by atoms with E-state index in [1.165, 1.54) is 0 Å². The lowest BCUT2D eigenvalue weighted by Crippen LogP contribution is -2.57. The molecule has 17 heteroatoms. The van der Waals surface area contributed by atoms with E-state index < -0.39 is 102 Å². The van der Waals surface area contributed by atoms with Crippen LogP contribution in [0.2, 0.25) is 0 Å². The molecular weight excluding hydrogens is 629 g/mol. The van der Waals surface area contributed by atoms with Gasteiger partial charge in [-0.25, -0.2) is 0 Å². The van der Waals surface area contributed by atoms with Crippen molar-refractivity contribution in [2.75, 3.05) is 58.8 Å². The number of hydrogen-bond acceptors (Lipinski definition) is 16. The van der Waals surface area contributed by atoms with E-state index in [-0.39, 0.29) is 13.2 Å². The summed E-state index contributed by atoms with van der Waals surface area (Å²) in [5.41, 5.74) is 1.42. The van der Waals surface area contributed by atoms with Crippen molar-refractivity contribution >= 4 is 31.5 Å². The molecule has 46 heavy (non-hydrogen) atoms. The third-order valence-corrected chi connectivity index (χ3v) is 7.39. The van der Waals surface area contributed by atoms with Gasteiger partial charge < -0.3 is 63.4 Å². The summed E-state index contributed by atoms with van der Waals surface area (Å²) in [6.45, 7) is -4.58. The Labute approximate surface area is 265 Å². The Morgan fingerprint density at radius 3 is 1.30 bits per heavy atom. The van der Waals surface area contributed by atoms with Gasteiger partial charge in [0.15, 0.2) is 0 Å². The molecule has 0 fully saturated rings. The monoisotopic (exact) mass is 663 g/mol. The minimum Gasteiger partial charge on any atom is -0.810 e. The number of hydrogen-bond donors (Lipinski definition) is 0. The van der Waals surface area contributed by atoms with Crippen LogP contribution in [0.15, 0.2) is 60.7 Å². The first kappa shape index (κ1) is 38.5. The van der Waals surface area contributed by atoms with Crippen LogP contribution in [0.4, 0.5) is 0 Å². The molecule has 0 saturated carbocycles. The zero-order valence-corrected chi connectivity index (χ0v) is 25.7. The Hall–Kier alpha value is -3.73. The summed E-state index contributed by atoms with van der Waals surface area (Å²) in [6, 6.07) is 14.1. The highest BCUT2D eigenvalue weighted by molar-refractivity contribution is 7.48. The Balaban J connectivity index is 2.14. The molecule has 0 aliphatic carbocycles. The maximum atomic E-state index is 11.9. The molecule has 2 aromatic rings. The van der Waals surface area contributed by atoms with Gasteiger partial charge in [0.25, 0.3) is 0 Å². The molecule has 0 radical (unpaired) electrons. The van der Waals surface area contributed by atoms with Crippen LogP contribution in [-0.2, 0) is 46.4 Å². The zero-order valence-electron chi connectivity index (χ0n) is 24.8. The van der Waals surface area contributed by atoms with Crippen molar-refractivity contribution < 1.29 is 63.4 Å². The van der Waals surface area contributed by atoms with Gasteiger partial charge in [0, 0.05) is 45.6 Å². The minimum atomic E-state index is -5.26. The van der Waals surface area contributed by atoms with Crippen LogP contribution in [0.25, 0.3) is 0 Å². The van der Waals surface area contributed by atoms with E-state index in [2.05, 4.69) is 0 Å². The summed E-state index contributed by atoms with van der Waals surface area (Å²) in [7, 11) is -5.26. The highest BCUT2D eigenvalue weighted by Crippen LogP contribution is 2.24. The first-order valence-electron chi connectivity index (χ1n) is 14.0. The Morgan fingerprint density at radius 2 is 1.00 bits per heavy atom. The predicted octanol–water partition coefficient (Wildman–Crippen LogP) is -6.07. The molecule has 0 saturated heterocycles. The maximum Gasteiger partial charge on any atom is 0.0734 e. The summed E-state index contributed by atoms with van der Waals surface area (Å²) in [4.78, 5) is 72.8. The summed E-state index contributed by atoms with van der Waals surface area (Å²) >= 11 is 0. The SMILES string of the molecule is O=C([O-])CN(CCN(CCN(CC(=O)[O-])C(COCc1ccccc1)C(=O)[O-])CP(=O)([O-])[O-])C(COCc1ccccc1)C(=O)[O-]. The first-order chi connectivity index (χ1) is 21.7. The number of carboxylic acids is 4. The molecule has 0 bridgehead atoms. The second-order valence-electron chi connectivity index (χ2n) is 10.2. The molecule has 0 amide bonds. The molecule has 2 unspecified atom stereocenters. The van der Waals surface area contributed by atoms with Crippen LogP contribution in [-0.4, -0.2) is 109 Å². The van der Waals surface area contributed by atoms with E-state index in [0.29, 0.717) is 11.1 Å². The standard InChI is InChI=1S/C29H40N3O13P/c33-26(34)15-31(24(28(37)38)19-44-17-22-7-3-1-4-8-22)13-11-30(21-46(41,42)43)12-14-32(16-27(35)36)25(29(39)40)20-45-18-23-9-5-2-6-10-23/h1-10,24-25H,11-21H2,(H,33,34)(H,35,36)(H,37,38)(H,39,40)(H2,41,42,43)/p-6. The largest absolute Gasteiger partial charge is 0.810 e. The third kappa shape index (κ3) is 15.5. The Morgan fingerprint density at radius 1 is 0.630 bits per heavy atom. The van der Waals surface area contributed by atoms with Crippen molar-refractivity contribution in [1.82, 2.24) is 14.7 Å². The number of aliphatic carboxylic acids is 4. The third-order valence-electron chi connectivity index (χ3n) is 6.64. The van der Waals surface area contributed by atoms with Gasteiger partial charge in [-0.1, -0.05) is 68.3 Å². The second-order valence-corrected chi connectivity index (χ2v) is 11.7. The molecule has 2 rings (SSSR count). The normalized spacial score (nSPS) is 13.2. The van der Waals surface area contributed by atoms with Crippen molar-refractivity contribution in [2.45, 2.75) is 25.3 Å². The van der Waals surface area contributed by atoms with E-state index in [1.807, 2.05) is 0 Å². The fourth-order valence-corrected chi connectivity index (χ4v) is 5.20. The number of benzene rings is 2. The van der Waals surface area contributed by atoms with Crippen LogP contribution in [0.5, 0.6) is 0 Å². The van der Waals surface area contributed by atoms with Crippen molar-refractivity contribution in [3.8, 4) is 0 Å². The Kier molecular flexibility index (Phi) is 16.5. The van der Waals surface area contributed by atoms with Crippen LogP contribution < -0.4 is 30.2 Å². The number of ether oxygens (including phenoxy) is 2. The lowest BCUT2D eigenvalue weighted by atomic mass is 10.2. The molecule has 0 N–H and O–H groups in total. The molecule has 0 spiro atoms. The van der Waals surface area contributed by atoms with Gasteiger partial charge in [0.05, 0.1) is 62.4 Å². The van der Waals surface area contributed by atoms with E-state index in [4.69, 9.17) is 9.47 Å².